The van der Waals surface area contributed by atoms with Gasteiger partial charge < -0.3 is 14.8 Å². The predicted octanol–water partition coefficient (Wildman–Crippen LogP) is 6.35. The van der Waals surface area contributed by atoms with E-state index < -0.39 is 0 Å². The molecule has 1 N–H and O–H groups in total. The Labute approximate surface area is 184 Å². The smallest absolute Gasteiger partial charge is 0.255 e. The highest BCUT2D eigenvalue weighted by atomic mass is 16.5. The van der Waals surface area contributed by atoms with E-state index in [0.717, 1.165) is 29.2 Å². The second-order valence-corrected chi connectivity index (χ2v) is 9.00. The molecule has 0 saturated carbocycles. The molecular formula is C27H29NO3. The Bertz CT molecular complexity index is 1070. The molecule has 4 nitrogen and oxygen atoms in total. The number of anilines is 1. The SMILES string of the molecule is CC(C)c1ccc(NC(=O)c2ccc(COc3cccc4c3OC(C)(C)C4)cc2)cc1. The summed E-state index contributed by atoms with van der Waals surface area (Å²) in [5.41, 5.74) is 4.63. The van der Waals surface area contributed by atoms with E-state index in [1.807, 2.05) is 60.7 Å². The van der Waals surface area contributed by atoms with E-state index in [1.165, 1.54) is 11.1 Å². The fraction of sp³-hybridized carbons (Fsp3) is 0.296. The van der Waals surface area contributed by atoms with E-state index >= 15 is 0 Å². The highest BCUT2D eigenvalue weighted by molar-refractivity contribution is 6.04. The van der Waals surface area contributed by atoms with Gasteiger partial charge in [-0.2, -0.15) is 0 Å². The van der Waals surface area contributed by atoms with Crippen molar-refractivity contribution in [3.05, 3.63) is 89.0 Å². The summed E-state index contributed by atoms with van der Waals surface area (Å²) in [6.07, 6.45) is 0.879. The monoisotopic (exact) mass is 415 g/mol. The first-order valence-corrected chi connectivity index (χ1v) is 10.7. The van der Waals surface area contributed by atoms with Gasteiger partial charge in [0.1, 0.15) is 12.2 Å². The summed E-state index contributed by atoms with van der Waals surface area (Å²) in [6, 6.07) is 21.5. The number of amides is 1. The summed E-state index contributed by atoms with van der Waals surface area (Å²) < 4.78 is 12.1. The largest absolute Gasteiger partial charge is 0.485 e. The van der Waals surface area contributed by atoms with E-state index in [0.29, 0.717) is 18.1 Å². The Morgan fingerprint density at radius 2 is 1.74 bits per heavy atom. The Morgan fingerprint density at radius 3 is 2.42 bits per heavy atom. The first-order chi connectivity index (χ1) is 14.8. The number of fused-ring (bicyclic) bond motifs is 1. The molecule has 0 atom stereocenters. The normalized spacial score (nSPS) is 14.1. The Balaban J connectivity index is 1.37. The molecule has 4 rings (SSSR count). The summed E-state index contributed by atoms with van der Waals surface area (Å²) >= 11 is 0. The third kappa shape index (κ3) is 4.91. The predicted molar refractivity (Wildman–Crippen MR) is 124 cm³/mol. The van der Waals surface area contributed by atoms with Gasteiger partial charge in [-0.3, -0.25) is 4.79 Å². The highest BCUT2D eigenvalue weighted by Crippen LogP contribution is 2.41. The van der Waals surface area contributed by atoms with Crippen molar-refractivity contribution in [3.8, 4) is 11.5 Å². The van der Waals surface area contributed by atoms with Crippen LogP contribution in [0.3, 0.4) is 0 Å². The number of hydrogen-bond acceptors (Lipinski definition) is 3. The molecule has 1 amide bonds. The van der Waals surface area contributed by atoms with Crippen LogP contribution in [0, 0.1) is 0 Å². The molecule has 1 heterocycles. The summed E-state index contributed by atoms with van der Waals surface area (Å²) in [7, 11) is 0. The van der Waals surface area contributed by atoms with Crippen LogP contribution in [0.15, 0.2) is 66.7 Å². The number of nitrogens with one attached hydrogen (secondary N) is 1. The first-order valence-electron chi connectivity index (χ1n) is 10.7. The van der Waals surface area contributed by atoms with Crippen LogP contribution in [0.2, 0.25) is 0 Å². The van der Waals surface area contributed by atoms with Gasteiger partial charge in [0.25, 0.3) is 5.91 Å². The quantitative estimate of drug-likeness (QED) is 0.510. The van der Waals surface area contributed by atoms with Crippen molar-refractivity contribution in [2.45, 2.75) is 52.2 Å². The lowest BCUT2D eigenvalue weighted by Gasteiger charge is -2.18. The van der Waals surface area contributed by atoms with Crippen LogP contribution in [0.4, 0.5) is 5.69 Å². The number of benzene rings is 3. The van der Waals surface area contributed by atoms with E-state index in [2.05, 4.69) is 39.1 Å². The van der Waals surface area contributed by atoms with Gasteiger partial charge in [-0.1, -0.05) is 50.2 Å². The number of carbonyl (C=O) groups excluding carboxylic acids is 1. The van der Waals surface area contributed by atoms with Gasteiger partial charge in [0.15, 0.2) is 11.5 Å². The number of carbonyl (C=O) groups is 1. The first kappa shape index (κ1) is 21.0. The van der Waals surface area contributed by atoms with Gasteiger partial charge >= 0.3 is 0 Å². The molecule has 160 valence electrons. The zero-order valence-corrected chi connectivity index (χ0v) is 18.6. The van der Waals surface area contributed by atoms with Crippen LogP contribution in [0.5, 0.6) is 11.5 Å². The maximum Gasteiger partial charge on any atom is 0.255 e. The van der Waals surface area contributed by atoms with E-state index in [-0.39, 0.29) is 11.5 Å². The summed E-state index contributed by atoms with van der Waals surface area (Å²) in [5, 5.41) is 2.95. The molecule has 0 aromatic heterocycles. The van der Waals surface area contributed by atoms with E-state index in [1.54, 1.807) is 0 Å². The fourth-order valence-electron chi connectivity index (χ4n) is 3.77. The van der Waals surface area contributed by atoms with Crippen molar-refractivity contribution in [1.29, 1.82) is 0 Å². The molecule has 1 aliphatic heterocycles. The topological polar surface area (TPSA) is 47.6 Å². The van der Waals surface area contributed by atoms with Crippen LogP contribution in [-0.2, 0) is 13.0 Å². The lowest BCUT2D eigenvalue weighted by Crippen LogP contribution is -2.24. The van der Waals surface area contributed by atoms with Crippen LogP contribution in [-0.4, -0.2) is 11.5 Å². The average molecular weight is 416 g/mol. The zero-order valence-electron chi connectivity index (χ0n) is 18.6. The molecule has 0 saturated heterocycles. The molecule has 3 aromatic rings. The lowest BCUT2D eigenvalue weighted by molar-refractivity contribution is 0.102. The van der Waals surface area contributed by atoms with Gasteiger partial charge in [0.05, 0.1) is 0 Å². The molecule has 0 fully saturated rings. The lowest BCUT2D eigenvalue weighted by atomic mass is 10.0. The van der Waals surface area contributed by atoms with Crippen LogP contribution in [0.1, 0.15) is 60.7 Å². The Kier molecular flexibility index (Phi) is 5.73. The van der Waals surface area contributed by atoms with Crippen molar-refractivity contribution in [3.63, 3.8) is 0 Å². The molecule has 0 spiro atoms. The van der Waals surface area contributed by atoms with Crippen molar-refractivity contribution < 1.29 is 14.3 Å². The molecule has 31 heavy (non-hydrogen) atoms. The highest BCUT2D eigenvalue weighted by Gasteiger charge is 2.32. The maximum absolute atomic E-state index is 12.6. The van der Waals surface area contributed by atoms with Gasteiger partial charge in [-0.05, 0) is 61.2 Å². The van der Waals surface area contributed by atoms with Crippen LogP contribution < -0.4 is 14.8 Å². The molecular weight excluding hydrogens is 386 g/mol. The minimum Gasteiger partial charge on any atom is -0.485 e. The molecule has 4 heteroatoms. The van der Waals surface area contributed by atoms with E-state index in [9.17, 15) is 4.79 Å². The minimum absolute atomic E-state index is 0.124. The Morgan fingerprint density at radius 1 is 1.03 bits per heavy atom. The van der Waals surface area contributed by atoms with Crippen molar-refractivity contribution in [1.82, 2.24) is 0 Å². The fourth-order valence-corrected chi connectivity index (χ4v) is 3.77. The zero-order chi connectivity index (χ0) is 22.0. The van der Waals surface area contributed by atoms with Crippen molar-refractivity contribution in [2.24, 2.45) is 0 Å². The van der Waals surface area contributed by atoms with Crippen molar-refractivity contribution in [2.75, 3.05) is 5.32 Å². The molecule has 1 aliphatic rings. The molecule has 3 aromatic carbocycles. The second-order valence-electron chi connectivity index (χ2n) is 9.00. The number of para-hydroxylation sites is 1. The summed E-state index contributed by atoms with van der Waals surface area (Å²) in [6.45, 7) is 8.88. The van der Waals surface area contributed by atoms with Gasteiger partial charge in [0.2, 0.25) is 0 Å². The third-order valence-corrected chi connectivity index (χ3v) is 5.50. The molecule has 0 unspecified atom stereocenters. The number of hydrogen-bond donors (Lipinski definition) is 1. The van der Waals surface area contributed by atoms with Gasteiger partial charge in [0, 0.05) is 23.2 Å². The van der Waals surface area contributed by atoms with Crippen LogP contribution in [0.25, 0.3) is 0 Å². The minimum atomic E-state index is -0.202. The Hall–Kier alpha value is -3.27. The van der Waals surface area contributed by atoms with E-state index in [4.69, 9.17) is 9.47 Å². The third-order valence-electron chi connectivity index (χ3n) is 5.50. The summed E-state index contributed by atoms with van der Waals surface area (Å²) in [4.78, 5) is 12.6. The average Bonchev–Trinajstić information content (AvgIpc) is 3.07. The number of ether oxygens (including phenoxy) is 2. The van der Waals surface area contributed by atoms with Gasteiger partial charge in [-0.25, -0.2) is 0 Å². The maximum atomic E-state index is 12.6. The van der Waals surface area contributed by atoms with Gasteiger partial charge in [-0.15, -0.1) is 0 Å². The standard InChI is InChI=1S/C27H29NO3/c1-18(2)20-12-14-23(15-13-20)28-26(29)21-10-8-19(9-11-21)17-30-24-7-5-6-22-16-27(3,4)31-25(22)24/h5-15,18H,16-17H2,1-4H3,(H,28,29). The number of rotatable bonds is 6. The molecule has 0 aliphatic carbocycles. The second kappa shape index (κ2) is 8.46. The van der Waals surface area contributed by atoms with Crippen LogP contribution >= 0.6 is 0 Å². The molecule has 0 radical (unpaired) electrons. The van der Waals surface area contributed by atoms with Crippen molar-refractivity contribution >= 4 is 11.6 Å². The summed E-state index contributed by atoms with van der Waals surface area (Å²) in [5.74, 6) is 1.94. The molecule has 0 bridgehead atoms.